The molecule has 1 N–H and O–H groups in total. The highest BCUT2D eigenvalue weighted by Gasteiger charge is 2.09. The van der Waals surface area contributed by atoms with Crippen LogP contribution in [0, 0.1) is 13.8 Å². The van der Waals surface area contributed by atoms with E-state index in [4.69, 9.17) is 0 Å². The summed E-state index contributed by atoms with van der Waals surface area (Å²) in [6.45, 7) is 6.05. The zero-order valence-corrected chi connectivity index (χ0v) is 11.2. The highest BCUT2D eigenvalue weighted by molar-refractivity contribution is 9.10. The van der Waals surface area contributed by atoms with Crippen LogP contribution in [-0.4, -0.2) is 4.98 Å². The minimum atomic E-state index is 0.101. The molecule has 0 atom stereocenters. The molecule has 0 spiro atoms. The summed E-state index contributed by atoms with van der Waals surface area (Å²) < 4.78 is 1.02. The largest absolute Gasteiger partial charge is 0.358 e. The van der Waals surface area contributed by atoms with Crippen LogP contribution in [0.15, 0.2) is 21.4 Å². The van der Waals surface area contributed by atoms with Crippen LogP contribution in [0.3, 0.4) is 0 Å². The number of benzene rings is 1. The molecule has 0 aliphatic heterocycles. The first-order valence-corrected chi connectivity index (χ1v) is 6.15. The lowest BCUT2D eigenvalue weighted by Gasteiger charge is -2.09. The standard InChI is InChI=1S/C13H14BrNO/c1-4-9-6-11(16)12-8(3)13(14)7(2)5-10(12)15-9/h5-6H,4H2,1-3H3,(H,15,16). The van der Waals surface area contributed by atoms with E-state index in [0.29, 0.717) is 0 Å². The number of aromatic nitrogens is 1. The summed E-state index contributed by atoms with van der Waals surface area (Å²) in [5.41, 5.74) is 4.18. The molecule has 0 unspecified atom stereocenters. The van der Waals surface area contributed by atoms with Crippen LogP contribution in [0.2, 0.25) is 0 Å². The summed E-state index contributed by atoms with van der Waals surface area (Å²) in [5, 5.41) is 0.787. The minimum Gasteiger partial charge on any atom is -0.358 e. The van der Waals surface area contributed by atoms with Crippen molar-refractivity contribution in [3.8, 4) is 0 Å². The molecule has 0 saturated carbocycles. The second-order valence-corrected chi connectivity index (χ2v) is 4.86. The van der Waals surface area contributed by atoms with Crippen LogP contribution in [0.25, 0.3) is 10.9 Å². The fourth-order valence-corrected chi connectivity index (χ4v) is 2.32. The molecule has 2 nitrogen and oxygen atoms in total. The molecule has 1 heterocycles. The molecule has 2 rings (SSSR count). The number of aromatic amines is 1. The third-order valence-corrected chi connectivity index (χ3v) is 4.13. The smallest absolute Gasteiger partial charge is 0.189 e. The number of halogens is 1. The molecule has 2 aromatic rings. The lowest BCUT2D eigenvalue weighted by molar-refractivity contribution is 1.05. The molecule has 0 bridgehead atoms. The van der Waals surface area contributed by atoms with Crippen molar-refractivity contribution < 1.29 is 0 Å². The molecule has 84 valence electrons. The SMILES string of the molecule is CCc1cc(=O)c2c(C)c(Br)c(C)cc2[nH]1. The van der Waals surface area contributed by atoms with Gasteiger partial charge in [-0.3, -0.25) is 4.79 Å². The van der Waals surface area contributed by atoms with Gasteiger partial charge in [0.1, 0.15) is 0 Å². The number of pyridine rings is 1. The Morgan fingerprint density at radius 3 is 2.62 bits per heavy atom. The normalized spacial score (nSPS) is 11.0. The fourth-order valence-electron chi connectivity index (χ4n) is 2.01. The van der Waals surface area contributed by atoms with Gasteiger partial charge in [0, 0.05) is 21.6 Å². The van der Waals surface area contributed by atoms with Gasteiger partial charge < -0.3 is 4.98 Å². The summed E-state index contributed by atoms with van der Waals surface area (Å²) >= 11 is 3.52. The molecule has 3 heteroatoms. The van der Waals surface area contributed by atoms with Crippen molar-refractivity contribution in [2.45, 2.75) is 27.2 Å². The molecule has 0 aliphatic carbocycles. The molecule has 0 aliphatic rings. The van der Waals surface area contributed by atoms with E-state index < -0.39 is 0 Å². The number of hydrogen-bond donors (Lipinski definition) is 1. The van der Waals surface area contributed by atoms with Crippen molar-refractivity contribution in [3.05, 3.63) is 43.6 Å². The molecule has 0 saturated heterocycles. The first kappa shape index (κ1) is 11.4. The van der Waals surface area contributed by atoms with E-state index in [2.05, 4.69) is 20.9 Å². The maximum Gasteiger partial charge on any atom is 0.189 e. The predicted molar refractivity (Wildman–Crippen MR) is 71.1 cm³/mol. The van der Waals surface area contributed by atoms with Crippen molar-refractivity contribution in [2.75, 3.05) is 0 Å². The Balaban J connectivity index is 2.96. The third-order valence-electron chi connectivity index (χ3n) is 2.91. The number of aryl methyl sites for hydroxylation is 3. The van der Waals surface area contributed by atoms with Crippen molar-refractivity contribution >= 4 is 26.8 Å². The highest BCUT2D eigenvalue weighted by atomic mass is 79.9. The molecule has 0 amide bonds. The Labute approximate surface area is 103 Å². The summed E-state index contributed by atoms with van der Waals surface area (Å²) in [4.78, 5) is 15.3. The van der Waals surface area contributed by atoms with E-state index >= 15 is 0 Å². The van der Waals surface area contributed by atoms with Gasteiger partial charge in [-0.25, -0.2) is 0 Å². The van der Waals surface area contributed by atoms with Crippen LogP contribution in [0.4, 0.5) is 0 Å². The lowest BCUT2D eigenvalue weighted by atomic mass is 10.0. The maximum absolute atomic E-state index is 12.0. The second-order valence-electron chi connectivity index (χ2n) is 4.07. The van der Waals surface area contributed by atoms with Crippen molar-refractivity contribution in [1.82, 2.24) is 4.98 Å². The molecule has 16 heavy (non-hydrogen) atoms. The molecule has 0 fully saturated rings. The van der Waals surface area contributed by atoms with E-state index in [0.717, 1.165) is 38.6 Å². The average Bonchev–Trinajstić information content (AvgIpc) is 2.25. The minimum absolute atomic E-state index is 0.101. The highest BCUT2D eigenvalue weighted by Crippen LogP contribution is 2.26. The first-order chi connectivity index (χ1) is 7.54. The van der Waals surface area contributed by atoms with E-state index in [9.17, 15) is 4.79 Å². The van der Waals surface area contributed by atoms with Crippen LogP contribution in [0.5, 0.6) is 0 Å². The number of nitrogens with one attached hydrogen (secondary N) is 1. The Morgan fingerprint density at radius 2 is 2.00 bits per heavy atom. The zero-order chi connectivity index (χ0) is 11.9. The van der Waals surface area contributed by atoms with Gasteiger partial charge in [-0.2, -0.15) is 0 Å². The van der Waals surface area contributed by atoms with Crippen LogP contribution >= 0.6 is 15.9 Å². The van der Waals surface area contributed by atoms with Crippen LogP contribution in [0.1, 0.15) is 23.7 Å². The van der Waals surface area contributed by atoms with Gasteiger partial charge in [-0.05, 0) is 37.5 Å². The van der Waals surface area contributed by atoms with Crippen LogP contribution < -0.4 is 5.43 Å². The van der Waals surface area contributed by atoms with Crippen molar-refractivity contribution in [2.24, 2.45) is 0 Å². The van der Waals surface area contributed by atoms with Gasteiger partial charge in [0.2, 0.25) is 0 Å². The molecule has 1 aromatic heterocycles. The third kappa shape index (κ3) is 1.69. The first-order valence-electron chi connectivity index (χ1n) is 5.36. The van der Waals surface area contributed by atoms with Crippen LogP contribution in [-0.2, 0) is 6.42 Å². The van der Waals surface area contributed by atoms with Gasteiger partial charge in [0.05, 0.1) is 5.52 Å². The Bertz CT molecular complexity index is 613. The van der Waals surface area contributed by atoms with Gasteiger partial charge in [0.25, 0.3) is 0 Å². The Kier molecular flexibility index (Phi) is 2.89. The monoisotopic (exact) mass is 279 g/mol. The zero-order valence-electron chi connectivity index (χ0n) is 9.65. The molecule has 1 aromatic carbocycles. The maximum atomic E-state index is 12.0. The Hall–Kier alpha value is -1.09. The number of rotatable bonds is 1. The van der Waals surface area contributed by atoms with Crippen molar-refractivity contribution in [3.63, 3.8) is 0 Å². The molecular weight excluding hydrogens is 266 g/mol. The van der Waals surface area contributed by atoms with Gasteiger partial charge in [-0.1, -0.05) is 22.9 Å². The quantitative estimate of drug-likeness (QED) is 0.852. The summed E-state index contributed by atoms with van der Waals surface area (Å²) in [5.74, 6) is 0. The summed E-state index contributed by atoms with van der Waals surface area (Å²) in [7, 11) is 0. The predicted octanol–water partition coefficient (Wildman–Crippen LogP) is 3.47. The lowest BCUT2D eigenvalue weighted by Crippen LogP contribution is -2.07. The second kappa shape index (κ2) is 4.06. The van der Waals surface area contributed by atoms with Crippen molar-refractivity contribution in [1.29, 1.82) is 0 Å². The van der Waals surface area contributed by atoms with Gasteiger partial charge >= 0.3 is 0 Å². The number of hydrogen-bond acceptors (Lipinski definition) is 1. The fraction of sp³-hybridized carbons (Fsp3) is 0.308. The number of H-pyrrole nitrogens is 1. The van der Waals surface area contributed by atoms with E-state index in [1.807, 2.05) is 26.8 Å². The molecular formula is C13H14BrNO. The number of fused-ring (bicyclic) bond motifs is 1. The van der Waals surface area contributed by atoms with E-state index in [1.54, 1.807) is 6.07 Å². The summed E-state index contributed by atoms with van der Waals surface area (Å²) in [6.07, 6.45) is 0.847. The van der Waals surface area contributed by atoms with E-state index in [-0.39, 0.29) is 5.43 Å². The average molecular weight is 280 g/mol. The van der Waals surface area contributed by atoms with E-state index in [1.165, 1.54) is 0 Å². The Morgan fingerprint density at radius 1 is 1.31 bits per heavy atom. The summed E-state index contributed by atoms with van der Waals surface area (Å²) in [6, 6.07) is 3.71. The molecule has 0 radical (unpaired) electrons. The topological polar surface area (TPSA) is 32.9 Å². The van der Waals surface area contributed by atoms with Gasteiger partial charge in [-0.15, -0.1) is 0 Å². The van der Waals surface area contributed by atoms with Gasteiger partial charge in [0.15, 0.2) is 5.43 Å².